The van der Waals surface area contributed by atoms with Crippen LogP contribution in [0.15, 0.2) is 18.2 Å². The van der Waals surface area contributed by atoms with Crippen LogP contribution in [-0.4, -0.2) is 25.5 Å². The number of methoxy groups -OCH3 is 1. The standard InChI is InChI=1S/C18H28ClNO2/c1-6-22-17(20)14(8-7-11-19)15-12-13(18(2,3)4)9-10-16(15)21-5/h9-10,12,14,20H,6-8,11H2,1-5H3. The van der Waals surface area contributed by atoms with Gasteiger partial charge in [0.1, 0.15) is 5.75 Å². The number of benzene rings is 1. The molecule has 0 aromatic heterocycles. The van der Waals surface area contributed by atoms with Crippen molar-refractivity contribution in [3.63, 3.8) is 0 Å². The van der Waals surface area contributed by atoms with Gasteiger partial charge in [0.25, 0.3) is 0 Å². The van der Waals surface area contributed by atoms with E-state index < -0.39 is 0 Å². The van der Waals surface area contributed by atoms with Gasteiger partial charge in [-0.15, -0.1) is 11.6 Å². The van der Waals surface area contributed by atoms with E-state index in [1.54, 1.807) is 7.11 Å². The first-order valence-electron chi connectivity index (χ1n) is 7.80. The normalized spacial score (nSPS) is 12.8. The number of nitrogens with one attached hydrogen (secondary N) is 1. The average molecular weight is 326 g/mol. The Balaban J connectivity index is 3.27. The highest BCUT2D eigenvalue weighted by Gasteiger charge is 2.24. The first-order valence-corrected chi connectivity index (χ1v) is 8.34. The van der Waals surface area contributed by atoms with Crippen molar-refractivity contribution >= 4 is 17.5 Å². The molecule has 124 valence electrons. The predicted molar refractivity (Wildman–Crippen MR) is 93.7 cm³/mol. The van der Waals surface area contributed by atoms with Crippen molar-refractivity contribution in [2.75, 3.05) is 19.6 Å². The molecule has 1 N–H and O–H groups in total. The zero-order valence-corrected chi connectivity index (χ0v) is 15.1. The summed E-state index contributed by atoms with van der Waals surface area (Å²) in [7, 11) is 1.67. The molecule has 22 heavy (non-hydrogen) atoms. The molecular weight excluding hydrogens is 298 g/mol. The lowest BCUT2D eigenvalue weighted by Crippen LogP contribution is -2.18. The Labute approximate surface area is 139 Å². The van der Waals surface area contributed by atoms with Gasteiger partial charge >= 0.3 is 0 Å². The van der Waals surface area contributed by atoms with Crippen molar-refractivity contribution in [1.29, 1.82) is 5.41 Å². The van der Waals surface area contributed by atoms with Crippen LogP contribution in [0.3, 0.4) is 0 Å². The van der Waals surface area contributed by atoms with Gasteiger partial charge < -0.3 is 9.47 Å². The molecule has 0 heterocycles. The van der Waals surface area contributed by atoms with Crippen LogP contribution in [0, 0.1) is 5.41 Å². The van der Waals surface area contributed by atoms with Crippen LogP contribution >= 0.6 is 11.6 Å². The first-order chi connectivity index (χ1) is 10.3. The summed E-state index contributed by atoms with van der Waals surface area (Å²) in [5.74, 6) is 1.56. The zero-order valence-electron chi connectivity index (χ0n) is 14.3. The maximum atomic E-state index is 8.24. The Kier molecular flexibility index (Phi) is 7.21. The van der Waals surface area contributed by atoms with Crippen molar-refractivity contribution in [2.24, 2.45) is 0 Å². The summed E-state index contributed by atoms with van der Waals surface area (Å²) in [6.07, 6.45) is 1.62. The van der Waals surface area contributed by atoms with Crippen molar-refractivity contribution in [2.45, 2.75) is 51.9 Å². The van der Waals surface area contributed by atoms with Gasteiger partial charge in [-0.05, 0) is 36.8 Å². The fourth-order valence-electron chi connectivity index (χ4n) is 2.44. The predicted octanol–water partition coefficient (Wildman–Crippen LogP) is 5.11. The maximum Gasteiger partial charge on any atom is 0.188 e. The summed E-state index contributed by atoms with van der Waals surface area (Å²) < 4.78 is 11.0. The van der Waals surface area contributed by atoms with Crippen molar-refractivity contribution in [1.82, 2.24) is 0 Å². The minimum absolute atomic E-state index is 0.0475. The number of alkyl halides is 1. The lowest BCUT2D eigenvalue weighted by Gasteiger charge is -2.25. The van der Waals surface area contributed by atoms with Gasteiger partial charge in [-0.1, -0.05) is 32.9 Å². The van der Waals surface area contributed by atoms with Gasteiger partial charge in [0.05, 0.1) is 19.6 Å². The van der Waals surface area contributed by atoms with Crippen LogP contribution < -0.4 is 4.74 Å². The highest BCUT2D eigenvalue weighted by Crippen LogP contribution is 2.35. The number of hydrogen-bond donors (Lipinski definition) is 1. The first kappa shape index (κ1) is 18.8. The molecular formula is C18H28ClNO2. The second-order valence-corrected chi connectivity index (χ2v) is 6.77. The van der Waals surface area contributed by atoms with Gasteiger partial charge in [-0.3, -0.25) is 5.41 Å². The zero-order chi connectivity index (χ0) is 16.8. The third-order valence-corrected chi connectivity index (χ3v) is 3.98. The molecule has 0 saturated carbocycles. The molecule has 4 heteroatoms. The largest absolute Gasteiger partial charge is 0.496 e. The summed E-state index contributed by atoms with van der Waals surface area (Å²) in [5, 5.41) is 8.24. The molecule has 0 amide bonds. The van der Waals surface area contributed by atoms with Crippen LogP contribution in [0.25, 0.3) is 0 Å². The van der Waals surface area contributed by atoms with Gasteiger partial charge in [0.2, 0.25) is 0 Å². The molecule has 1 aromatic rings. The quantitative estimate of drug-likeness (QED) is 0.430. The fourth-order valence-corrected chi connectivity index (χ4v) is 2.59. The van der Waals surface area contributed by atoms with E-state index in [4.69, 9.17) is 26.5 Å². The number of halogens is 1. The summed E-state index contributed by atoms with van der Waals surface area (Å²) in [4.78, 5) is 0. The smallest absolute Gasteiger partial charge is 0.188 e. The SMILES string of the molecule is CCOC(=N)C(CCCCl)c1cc(C(C)(C)C)ccc1OC. The molecule has 0 radical (unpaired) electrons. The molecule has 0 aliphatic rings. The van der Waals surface area contributed by atoms with Crippen LogP contribution in [0.1, 0.15) is 57.6 Å². The second kappa shape index (κ2) is 8.42. The van der Waals surface area contributed by atoms with Gasteiger partial charge in [-0.25, -0.2) is 0 Å². The minimum atomic E-state index is -0.115. The van der Waals surface area contributed by atoms with Gasteiger partial charge in [0.15, 0.2) is 5.90 Å². The number of rotatable bonds is 7. The van der Waals surface area contributed by atoms with E-state index >= 15 is 0 Å². The average Bonchev–Trinajstić information content (AvgIpc) is 2.46. The molecule has 0 aliphatic carbocycles. The maximum absolute atomic E-state index is 8.24. The lowest BCUT2D eigenvalue weighted by atomic mass is 9.83. The van der Waals surface area contributed by atoms with Crippen LogP contribution in [-0.2, 0) is 10.2 Å². The Morgan fingerprint density at radius 2 is 2.00 bits per heavy atom. The Bertz CT molecular complexity index is 494. The topological polar surface area (TPSA) is 42.3 Å². The molecule has 0 bridgehead atoms. The third kappa shape index (κ3) is 4.91. The molecule has 1 unspecified atom stereocenters. The Morgan fingerprint density at radius 3 is 2.50 bits per heavy atom. The second-order valence-electron chi connectivity index (χ2n) is 6.39. The van der Waals surface area contributed by atoms with E-state index in [0.29, 0.717) is 12.5 Å². The summed E-state index contributed by atoms with van der Waals surface area (Å²) in [6.45, 7) is 8.94. The Hall–Kier alpha value is -1.22. The van der Waals surface area contributed by atoms with Crippen molar-refractivity contribution in [3.05, 3.63) is 29.3 Å². The molecule has 0 aliphatic heterocycles. The molecule has 0 spiro atoms. The van der Waals surface area contributed by atoms with Crippen molar-refractivity contribution < 1.29 is 9.47 Å². The number of ether oxygens (including phenoxy) is 2. The summed E-state index contributed by atoms with van der Waals surface area (Å²) in [5.41, 5.74) is 2.29. The Morgan fingerprint density at radius 1 is 1.32 bits per heavy atom. The van der Waals surface area contributed by atoms with E-state index in [2.05, 4.69) is 32.9 Å². The molecule has 0 saturated heterocycles. The fraction of sp³-hybridized carbons (Fsp3) is 0.611. The van der Waals surface area contributed by atoms with Crippen LogP contribution in [0.2, 0.25) is 0 Å². The highest BCUT2D eigenvalue weighted by atomic mass is 35.5. The molecule has 1 atom stereocenters. The van der Waals surface area contributed by atoms with Gasteiger partial charge in [0, 0.05) is 11.4 Å². The third-order valence-electron chi connectivity index (χ3n) is 3.71. The van der Waals surface area contributed by atoms with E-state index in [-0.39, 0.29) is 17.2 Å². The van der Waals surface area contributed by atoms with Gasteiger partial charge in [-0.2, -0.15) is 0 Å². The van der Waals surface area contributed by atoms with Crippen LogP contribution in [0.5, 0.6) is 5.75 Å². The molecule has 1 rings (SSSR count). The van der Waals surface area contributed by atoms with Crippen molar-refractivity contribution in [3.8, 4) is 5.75 Å². The number of hydrogen-bond acceptors (Lipinski definition) is 3. The highest BCUT2D eigenvalue weighted by molar-refractivity contribution is 6.17. The van der Waals surface area contributed by atoms with E-state index in [0.717, 1.165) is 24.2 Å². The summed E-state index contributed by atoms with van der Waals surface area (Å²) in [6, 6.07) is 6.22. The summed E-state index contributed by atoms with van der Waals surface area (Å²) >= 11 is 5.85. The lowest BCUT2D eigenvalue weighted by molar-refractivity contribution is 0.304. The molecule has 3 nitrogen and oxygen atoms in total. The van der Waals surface area contributed by atoms with Crippen LogP contribution in [0.4, 0.5) is 0 Å². The monoisotopic (exact) mass is 325 g/mol. The van der Waals surface area contributed by atoms with E-state index in [9.17, 15) is 0 Å². The molecule has 1 aromatic carbocycles. The van der Waals surface area contributed by atoms with E-state index in [1.807, 2.05) is 13.0 Å². The van der Waals surface area contributed by atoms with E-state index in [1.165, 1.54) is 5.56 Å². The molecule has 0 fully saturated rings. The minimum Gasteiger partial charge on any atom is -0.496 e.